The zero-order valence-electron chi connectivity index (χ0n) is 18.7. The van der Waals surface area contributed by atoms with Crippen molar-refractivity contribution in [1.82, 2.24) is 0 Å². The van der Waals surface area contributed by atoms with Crippen molar-refractivity contribution in [3.05, 3.63) is 39.8 Å². The van der Waals surface area contributed by atoms with Crippen LogP contribution in [-0.2, 0) is 22.4 Å². The van der Waals surface area contributed by atoms with E-state index in [1.165, 1.54) is 24.5 Å². The smallest absolute Gasteiger partial charge is 0.338 e. The van der Waals surface area contributed by atoms with Crippen molar-refractivity contribution in [2.24, 2.45) is 5.92 Å². The van der Waals surface area contributed by atoms with Gasteiger partial charge in [-0.2, -0.15) is 5.26 Å². The van der Waals surface area contributed by atoms with Crippen LogP contribution in [0.15, 0.2) is 18.2 Å². The van der Waals surface area contributed by atoms with E-state index in [-0.39, 0.29) is 5.56 Å². The summed E-state index contributed by atoms with van der Waals surface area (Å²) in [6.07, 6.45) is 4.84. The standard InChI is InChI=1S/C24H28N2O5S/c1-15(2)10-11-30-19-9-8-16(12-20(19)29-3)24(28)31-14-22(27)26-23-18(13-25)17-6-4-5-7-21(17)32-23/h8-9,12,15H,4-7,10-11,14H2,1-3H3,(H,26,27). The lowest BCUT2D eigenvalue weighted by atomic mass is 9.96. The van der Waals surface area contributed by atoms with Crippen molar-refractivity contribution < 1.29 is 23.8 Å². The number of hydrogen-bond acceptors (Lipinski definition) is 7. The molecule has 1 aromatic heterocycles. The first-order chi connectivity index (χ1) is 15.4. The number of hydrogen-bond donors (Lipinski definition) is 1. The SMILES string of the molecule is COc1cc(C(=O)OCC(=O)Nc2sc3c(c2C#N)CCCC3)ccc1OCCC(C)C. The minimum absolute atomic E-state index is 0.259. The number of carbonyl (C=O) groups is 2. The van der Waals surface area contributed by atoms with E-state index in [1.54, 1.807) is 12.1 Å². The summed E-state index contributed by atoms with van der Waals surface area (Å²) in [4.78, 5) is 25.9. The number of amides is 1. The van der Waals surface area contributed by atoms with Crippen LogP contribution in [0.25, 0.3) is 0 Å². The second kappa shape index (κ2) is 11.0. The van der Waals surface area contributed by atoms with E-state index in [1.807, 2.05) is 0 Å². The Kier molecular flexibility index (Phi) is 8.12. The number of fused-ring (bicyclic) bond motifs is 1. The Labute approximate surface area is 192 Å². The zero-order valence-corrected chi connectivity index (χ0v) is 19.5. The van der Waals surface area contributed by atoms with Crippen LogP contribution in [0, 0.1) is 17.2 Å². The molecule has 1 heterocycles. The van der Waals surface area contributed by atoms with Crippen molar-refractivity contribution in [2.45, 2.75) is 46.0 Å². The number of benzene rings is 1. The highest BCUT2D eigenvalue weighted by Crippen LogP contribution is 2.37. The molecule has 0 atom stereocenters. The van der Waals surface area contributed by atoms with Crippen LogP contribution in [0.3, 0.4) is 0 Å². The molecule has 0 radical (unpaired) electrons. The molecule has 170 valence electrons. The fourth-order valence-corrected chi connectivity index (χ4v) is 4.72. The maximum atomic E-state index is 12.4. The Hall–Kier alpha value is -3.05. The van der Waals surface area contributed by atoms with Gasteiger partial charge in [0, 0.05) is 4.88 Å². The van der Waals surface area contributed by atoms with Crippen molar-refractivity contribution in [3.63, 3.8) is 0 Å². The third kappa shape index (κ3) is 5.80. The van der Waals surface area contributed by atoms with E-state index >= 15 is 0 Å². The highest BCUT2D eigenvalue weighted by molar-refractivity contribution is 7.16. The summed E-state index contributed by atoms with van der Waals surface area (Å²) in [6.45, 7) is 4.34. The van der Waals surface area contributed by atoms with E-state index in [4.69, 9.17) is 14.2 Å². The number of esters is 1. The monoisotopic (exact) mass is 456 g/mol. The first-order valence-corrected chi connectivity index (χ1v) is 11.6. The van der Waals surface area contributed by atoms with Gasteiger partial charge in [-0.3, -0.25) is 4.79 Å². The molecule has 32 heavy (non-hydrogen) atoms. The quantitative estimate of drug-likeness (QED) is 0.548. The van der Waals surface area contributed by atoms with Gasteiger partial charge in [-0.25, -0.2) is 4.79 Å². The van der Waals surface area contributed by atoms with Gasteiger partial charge in [0.15, 0.2) is 18.1 Å². The Morgan fingerprint density at radius 1 is 1.22 bits per heavy atom. The lowest BCUT2D eigenvalue weighted by molar-refractivity contribution is -0.119. The van der Waals surface area contributed by atoms with Crippen molar-refractivity contribution in [2.75, 3.05) is 25.6 Å². The van der Waals surface area contributed by atoms with E-state index in [0.717, 1.165) is 42.5 Å². The number of aryl methyl sites for hydroxylation is 1. The van der Waals surface area contributed by atoms with Crippen molar-refractivity contribution in [3.8, 4) is 17.6 Å². The van der Waals surface area contributed by atoms with Gasteiger partial charge < -0.3 is 19.5 Å². The van der Waals surface area contributed by atoms with Gasteiger partial charge in [-0.15, -0.1) is 11.3 Å². The topological polar surface area (TPSA) is 97.6 Å². The number of carbonyl (C=O) groups excluding carboxylic acids is 2. The molecule has 3 rings (SSSR count). The summed E-state index contributed by atoms with van der Waals surface area (Å²) < 4.78 is 16.2. The van der Waals surface area contributed by atoms with Gasteiger partial charge in [0.05, 0.1) is 24.8 Å². The summed E-state index contributed by atoms with van der Waals surface area (Å²) in [6, 6.07) is 6.97. The van der Waals surface area contributed by atoms with E-state index < -0.39 is 18.5 Å². The van der Waals surface area contributed by atoms with Gasteiger partial charge >= 0.3 is 5.97 Å². The van der Waals surface area contributed by atoms with E-state index in [2.05, 4.69) is 25.2 Å². The largest absolute Gasteiger partial charge is 0.493 e. The average molecular weight is 457 g/mol. The zero-order chi connectivity index (χ0) is 23.1. The first kappa shape index (κ1) is 23.6. The molecule has 0 aliphatic heterocycles. The third-order valence-corrected chi connectivity index (χ3v) is 6.43. The Morgan fingerprint density at radius 2 is 2.00 bits per heavy atom. The summed E-state index contributed by atoms with van der Waals surface area (Å²) in [5.41, 5.74) is 1.83. The molecule has 0 saturated heterocycles. The third-order valence-electron chi connectivity index (χ3n) is 5.22. The number of rotatable bonds is 9. The summed E-state index contributed by atoms with van der Waals surface area (Å²) in [5, 5.41) is 12.8. The lowest BCUT2D eigenvalue weighted by Gasteiger charge is -2.13. The van der Waals surface area contributed by atoms with Crippen LogP contribution in [0.1, 0.15) is 59.5 Å². The molecular formula is C24H28N2O5S. The van der Waals surface area contributed by atoms with Gasteiger partial charge in [0.2, 0.25) is 0 Å². The minimum atomic E-state index is -0.641. The summed E-state index contributed by atoms with van der Waals surface area (Å²) >= 11 is 1.43. The molecule has 1 N–H and O–H groups in total. The number of methoxy groups -OCH3 is 1. The predicted molar refractivity (Wildman–Crippen MR) is 123 cm³/mol. The maximum Gasteiger partial charge on any atom is 0.338 e. The summed E-state index contributed by atoms with van der Waals surface area (Å²) in [7, 11) is 1.50. The molecule has 0 unspecified atom stereocenters. The molecule has 1 aromatic carbocycles. The summed E-state index contributed by atoms with van der Waals surface area (Å²) in [5.74, 6) is 0.376. The number of ether oxygens (including phenoxy) is 3. The Morgan fingerprint density at radius 3 is 2.72 bits per heavy atom. The number of thiophene rings is 1. The molecular weight excluding hydrogens is 428 g/mol. The van der Waals surface area contributed by atoms with Gasteiger partial charge in [-0.1, -0.05) is 13.8 Å². The van der Waals surface area contributed by atoms with Crippen LogP contribution in [0.5, 0.6) is 11.5 Å². The molecule has 0 saturated carbocycles. The lowest BCUT2D eigenvalue weighted by Crippen LogP contribution is -2.21. The molecule has 0 spiro atoms. The second-order valence-electron chi connectivity index (χ2n) is 8.05. The molecule has 0 bridgehead atoms. The molecule has 7 nitrogen and oxygen atoms in total. The van der Waals surface area contributed by atoms with Crippen LogP contribution >= 0.6 is 11.3 Å². The van der Waals surface area contributed by atoms with Crippen LogP contribution in [0.4, 0.5) is 5.00 Å². The molecule has 1 amide bonds. The average Bonchev–Trinajstić information content (AvgIpc) is 3.14. The van der Waals surface area contributed by atoms with E-state index in [0.29, 0.717) is 34.6 Å². The molecule has 0 fully saturated rings. The molecule has 1 aliphatic rings. The highest BCUT2D eigenvalue weighted by atomic mass is 32.1. The Balaban J connectivity index is 1.58. The fraction of sp³-hybridized carbons (Fsp3) is 0.458. The predicted octanol–water partition coefficient (Wildman–Crippen LogP) is 4.73. The van der Waals surface area contributed by atoms with Gasteiger partial charge in [-0.05, 0) is 61.8 Å². The number of nitrogens with zero attached hydrogens (tertiary/aromatic N) is 1. The van der Waals surface area contributed by atoms with Gasteiger partial charge in [0.1, 0.15) is 11.1 Å². The van der Waals surface area contributed by atoms with Crippen LogP contribution in [-0.4, -0.2) is 32.2 Å². The van der Waals surface area contributed by atoms with E-state index in [9.17, 15) is 14.9 Å². The van der Waals surface area contributed by atoms with Crippen molar-refractivity contribution >= 4 is 28.2 Å². The van der Waals surface area contributed by atoms with Gasteiger partial charge in [0.25, 0.3) is 5.91 Å². The van der Waals surface area contributed by atoms with Crippen molar-refractivity contribution in [1.29, 1.82) is 5.26 Å². The number of nitriles is 1. The number of nitrogens with one attached hydrogen (secondary N) is 1. The molecule has 2 aromatic rings. The Bertz CT molecular complexity index is 1020. The maximum absolute atomic E-state index is 12.4. The fourth-order valence-electron chi connectivity index (χ4n) is 3.47. The second-order valence-corrected chi connectivity index (χ2v) is 9.15. The number of anilines is 1. The molecule has 8 heteroatoms. The van der Waals surface area contributed by atoms with Crippen LogP contribution < -0.4 is 14.8 Å². The first-order valence-electron chi connectivity index (χ1n) is 10.7. The van der Waals surface area contributed by atoms with Crippen LogP contribution in [0.2, 0.25) is 0 Å². The highest BCUT2D eigenvalue weighted by Gasteiger charge is 2.22. The minimum Gasteiger partial charge on any atom is -0.493 e. The normalized spacial score (nSPS) is 12.6. The molecule has 1 aliphatic carbocycles.